The second-order valence-corrected chi connectivity index (χ2v) is 3.17. The molecule has 0 aliphatic heterocycles. The van der Waals surface area contributed by atoms with Crippen molar-refractivity contribution >= 4 is 35.1 Å². The predicted molar refractivity (Wildman–Crippen MR) is 106 cm³/mol. The van der Waals surface area contributed by atoms with E-state index in [1.165, 1.54) is 0 Å². The molecule has 0 aromatic rings. The molecule has 0 saturated heterocycles. The van der Waals surface area contributed by atoms with Crippen molar-refractivity contribution in [2.75, 3.05) is 13.1 Å². The minimum atomic E-state index is 0. The topological polar surface area (TPSA) is 14.1 Å². The molecule has 1 nitrogen and oxygen atoms in total. The van der Waals surface area contributed by atoms with E-state index in [1.54, 1.807) is 12.2 Å². The zero-order valence-corrected chi connectivity index (χ0v) is 20.0. The van der Waals surface area contributed by atoms with E-state index in [0.29, 0.717) is 0 Å². The summed E-state index contributed by atoms with van der Waals surface area (Å²) in [6.45, 7) is 10.5. The number of hydrogen-bond acceptors (Lipinski definition) is 0. The third kappa shape index (κ3) is 36.9. The van der Waals surface area contributed by atoms with Crippen molar-refractivity contribution in [2.24, 2.45) is 0 Å². The number of allylic oxidation sites excluding steroid dienone is 8. The van der Waals surface area contributed by atoms with Gasteiger partial charge in [0.1, 0.15) is 0 Å². The Hall–Kier alpha value is 0.0670. The average molecular weight is 523 g/mol. The number of rotatable bonds is 4. The van der Waals surface area contributed by atoms with Crippen LogP contribution in [0.15, 0.2) is 61.8 Å². The fourth-order valence-electron chi connectivity index (χ4n) is 0.938. The van der Waals surface area contributed by atoms with Gasteiger partial charge in [-0.05, 0) is 0 Å². The molecule has 5 heteroatoms. The molecule has 0 N–H and O–H groups in total. The minimum absolute atomic E-state index is 0. The van der Waals surface area contributed by atoms with Gasteiger partial charge in [-0.1, -0.05) is 6.55 Å². The first-order chi connectivity index (χ1) is 9.41. The van der Waals surface area contributed by atoms with Gasteiger partial charge in [0.2, 0.25) is 0 Å². The smallest absolute Gasteiger partial charge is 0.00452 e. The maximum Gasteiger partial charge on any atom is 0.00452 e. The first-order valence-electron chi connectivity index (χ1n) is 6.41. The molecule has 0 atom stereocenters. The van der Waals surface area contributed by atoms with Crippen LogP contribution in [0.5, 0.6) is 0 Å². The van der Waals surface area contributed by atoms with Crippen LogP contribution in [0.2, 0.25) is 6.55 Å². The van der Waals surface area contributed by atoms with Crippen LogP contribution in [-0.4, -0.2) is 23.3 Å². The Balaban J connectivity index is -0.0000000588. The Labute approximate surface area is 171 Å². The third-order valence-corrected chi connectivity index (χ3v) is 1.69. The standard InChI is InChI=1S/C6H10N.2C5H5.CH5Si.2ClH.Hf/c1-3-5-7-6-4-2;2*1-2-4-5-3-1;1-2;;;/h3-4H,1-2,5-6H2;2*1-3H,4H2;2H2,1H3;2*1H;/q3*-1;;;;. The van der Waals surface area contributed by atoms with Gasteiger partial charge in [-0.2, -0.15) is 12.2 Å². The van der Waals surface area contributed by atoms with E-state index in [9.17, 15) is 0 Å². The van der Waals surface area contributed by atoms with Gasteiger partial charge in [0.05, 0.1) is 0 Å². The summed E-state index contributed by atoms with van der Waals surface area (Å²) in [6, 6.07) is 0. The fourth-order valence-corrected chi connectivity index (χ4v) is 0.938. The molecule has 0 unspecified atom stereocenters. The van der Waals surface area contributed by atoms with Crippen molar-refractivity contribution in [2.45, 2.75) is 19.4 Å². The van der Waals surface area contributed by atoms with Crippen molar-refractivity contribution in [1.82, 2.24) is 0 Å². The molecule has 0 heterocycles. The van der Waals surface area contributed by atoms with Crippen LogP contribution in [0.3, 0.4) is 0 Å². The van der Waals surface area contributed by atoms with Crippen molar-refractivity contribution < 1.29 is 25.8 Å². The van der Waals surface area contributed by atoms with Crippen LogP contribution >= 0.6 is 24.8 Å². The Kier molecular flexibility index (Phi) is 57.1. The van der Waals surface area contributed by atoms with E-state index in [-0.39, 0.29) is 50.7 Å². The van der Waals surface area contributed by atoms with Gasteiger partial charge in [0.15, 0.2) is 0 Å². The Morgan fingerprint density at radius 3 is 1.45 bits per heavy atom. The summed E-state index contributed by atoms with van der Waals surface area (Å²) >= 11 is 0. The van der Waals surface area contributed by atoms with Gasteiger partial charge in [-0.15, -0.1) is 76.1 Å². The van der Waals surface area contributed by atoms with Gasteiger partial charge in [0.25, 0.3) is 0 Å². The molecular weight excluding hydrogens is 496 g/mol. The predicted octanol–water partition coefficient (Wildman–Crippen LogP) is 4.85. The van der Waals surface area contributed by atoms with Gasteiger partial charge < -0.3 is 5.32 Å². The number of nitrogens with zero attached hydrogens (tertiary/aromatic N) is 1. The Morgan fingerprint density at radius 1 is 0.955 bits per heavy atom. The van der Waals surface area contributed by atoms with E-state index in [2.05, 4.69) is 42.8 Å². The fraction of sp³-hybridized carbons (Fsp3) is 0.294. The summed E-state index contributed by atoms with van der Waals surface area (Å²) < 4.78 is 0. The maximum atomic E-state index is 3.97. The van der Waals surface area contributed by atoms with E-state index in [0.717, 1.165) is 25.9 Å². The van der Waals surface area contributed by atoms with E-state index >= 15 is 0 Å². The minimum Gasteiger partial charge on any atom is -0.656 e. The van der Waals surface area contributed by atoms with Crippen LogP contribution in [0.1, 0.15) is 12.8 Å². The van der Waals surface area contributed by atoms with E-state index in [1.807, 2.05) is 41.1 Å². The normalized spacial score (nSPS) is 10.8. The number of hydrogen-bond donors (Lipinski definition) is 0. The van der Waals surface area contributed by atoms with Crippen molar-refractivity contribution in [3.63, 3.8) is 0 Å². The molecule has 0 fully saturated rings. The Morgan fingerprint density at radius 2 is 1.32 bits per heavy atom. The molecule has 0 spiro atoms. The van der Waals surface area contributed by atoms with Crippen molar-refractivity contribution in [3.05, 3.63) is 79.2 Å². The monoisotopic (exact) mass is 523 g/mol. The van der Waals surface area contributed by atoms with Gasteiger partial charge in [0, 0.05) is 36.1 Å². The molecule has 22 heavy (non-hydrogen) atoms. The molecule has 0 amide bonds. The second kappa shape index (κ2) is 37.4. The molecule has 0 aromatic heterocycles. The largest absolute Gasteiger partial charge is 0.656 e. The van der Waals surface area contributed by atoms with Crippen LogP contribution in [0, 0.1) is 12.2 Å². The van der Waals surface area contributed by atoms with Crippen molar-refractivity contribution in [1.29, 1.82) is 0 Å². The summed E-state index contributed by atoms with van der Waals surface area (Å²) in [5.41, 5.74) is 0. The third-order valence-electron chi connectivity index (χ3n) is 1.69. The summed E-state index contributed by atoms with van der Waals surface area (Å²) in [4.78, 5) is 0. The summed E-state index contributed by atoms with van der Waals surface area (Å²) in [6.07, 6.45) is 23.5. The molecule has 0 saturated carbocycles. The zero-order valence-electron chi connectivity index (χ0n) is 13.3. The van der Waals surface area contributed by atoms with Gasteiger partial charge >= 0.3 is 0 Å². The van der Waals surface area contributed by atoms with E-state index < -0.39 is 0 Å². The van der Waals surface area contributed by atoms with Crippen molar-refractivity contribution in [3.8, 4) is 0 Å². The molecule has 0 bridgehead atoms. The Bertz CT molecular complexity index is 264. The second-order valence-electron chi connectivity index (χ2n) is 3.17. The van der Waals surface area contributed by atoms with E-state index in [4.69, 9.17) is 0 Å². The van der Waals surface area contributed by atoms with Gasteiger partial charge in [-0.3, -0.25) is 12.2 Å². The maximum absolute atomic E-state index is 3.97. The van der Waals surface area contributed by atoms with Crippen LogP contribution in [-0.2, 0) is 25.8 Å². The van der Waals surface area contributed by atoms with Crippen LogP contribution in [0.25, 0.3) is 5.32 Å². The molecule has 0 aromatic carbocycles. The van der Waals surface area contributed by atoms with Crippen LogP contribution in [0.4, 0.5) is 0 Å². The SMILES string of the molecule is C=CC[N-]CC=C.C[SiH2].Cl.Cl.[C-]1=CC=CC1.[C-]1=CC=CC1.[Hf]. The molecule has 2 aliphatic rings. The quantitative estimate of drug-likeness (QED) is 0.217. The van der Waals surface area contributed by atoms with Gasteiger partial charge in [-0.25, -0.2) is 24.3 Å². The molecule has 125 valence electrons. The van der Waals surface area contributed by atoms with Crippen LogP contribution < -0.4 is 0 Å². The molecule has 1 radical (unpaired) electrons. The summed E-state index contributed by atoms with van der Waals surface area (Å²) in [5, 5.41) is 3.97. The molecule has 2 rings (SSSR count). The molecular formula is C17H27Cl2HfNSi-3. The summed E-state index contributed by atoms with van der Waals surface area (Å²) in [7, 11) is 1.86. The number of halogens is 2. The first-order valence-corrected chi connectivity index (χ1v) is 7.82. The average Bonchev–Trinajstić information content (AvgIpc) is 3.20. The summed E-state index contributed by atoms with van der Waals surface area (Å²) in [5.74, 6) is 0. The molecule has 2 aliphatic carbocycles. The zero-order chi connectivity index (χ0) is 14.6. The first kappa shape index (κ1) is 33.6.